The van der Waals surface area contributed by atoms with Crippen LogP contribution in [0.5, 0.6) is 5.75 Å². The lowest BCUT2D eigenvalue weighted by molar-refractivity contribution is 0.289. The molecular formula is C17H29NO. The molecule has 1 aromatic carbocycles. The standard InChI is InChI=1S/C17H29NO/c1-6-17(4,5)18-13-15-8-7-9-16(12-15)19-11-10-14(2)3/h7-9,12,14,18H,6,10-11,13H2,1-5H3. The quantitative estimate of drug-likeness (QED) is 0.751. The number of rotatable bonds is 8. The van der Waals surface area contributed by atoms with Crippen LogP contribution in [0.25, 0.3) is 0 Å². The van der Waals surface area contributed by atoms with E-state index in [1.54, 1.807) is 0 Å². The molecule has 19 heavy (non-hydrogen) atoms. The zero-order valence-corrected chi connectivity index (χ0v) is 13.1. The average Bonchev–Trinajstić information content (AvgIpc) is 2.37. The van der Waals surface area contributed by atoms with Crippen molar-refractivity contribution in [2.45, 2.75) is 59.5 Å². The third kappa shape index (κ3) is 6.63. The van der Waals surface area contributed by atoms with Crippen LogP contribution in [0.1, 0.15) is 53.0 Å². The summed E-state index contributed by atoms with van der Waals surface area (Å²) in [7, 11) is 0. The first-order chi connectivity index (χ1) is 8.93. The summed E-state index contributed by atoms with van der Waals surface area (Å²) in [5.74, 6) is 1.67. The second-order valence-corrected chi connectivity index (χ2v) is 6.27. The molecule has 0 fully saturated rings. The Morgan fingerprint density at radius 3 is 2.63 bits per heavy atom. The lowest BCUT2D eigenvalue weighted by atomic mass is 10.0. The number of hydrogen-bond acceptors (Lipinski definition) is 2. The SMILES string of the molecule is CCC(C)(C)NCc1cccc(OCCC(C)C)c1. The second kappa shape index (κ2) is 7.54. The second-order valence-electron chi connectivity index (χ2n) is 6.27. The first-order valence-electron chi connectivity index (χ1n) is 7.39. The van der Waals surface area contributed by atoms with Crippen molar-refractivity contribution in [3.05, 3.63) is 29.8 Å². The van der Waals surface area contributed by atoms with Crippen molar-refractivity contribution in [3.63, 3.8) is 0 Å². The molecule has 1 rings (SSSR count). The minimum Gasteiger partial charge on any atom is -0.494 e. The van der Waals surface area contributed by atoms with Gasteiger partial charge in [-0.05, 0) is 50.3 Å². The molecule has 2 nitrogen and oxygen atoms in total. The highest BCUT2D eigenvalue weighted by atomic mass is 16.5. The van der Waals surface area contributed by atoms with Crippen LogP contribution in [0.4, 0.5) is 0 Å². The van der Waals surface area contributed by atoms with Crippen molar-refractivity contribution < 1.29 is 4.74 Å². The van der Waals surface area contributed by atoms with E-state index in [2.05, 4.69) is 58.1 Å². The topological polar surface area (TPSA) is 21.3 Å². The maximum Gasteiger partial charge on any atom is 0.119 e. The minimum absolute atomic E-state index is 0.189. The highest BCUT2D eigenvalue weighted by Gasteiger charge is 2.13. The zero-order chi connectivity index (χ0) is 14.3. The van der Waals surface area contributed by atoms with Gasteiger partial charge >= 0.3 is 0 Å². The molecule has 0 spiro atoms. The Balaban J connectivity index is 2.48. The summed E-state index contributed by atoms with van der Waals surface area (Å²) >= 11 is 0. The fourth-order valence-electron chi connectivity index (χ4n) is 1.62. The summed E-state index contributed by atoms with van der Waals surface area (Å²) in [5, 5.41) is 3.57. The van der Waals surface area contributed by atoms with Crippen LogP contribution in [-0.2, 0) is 6.54 Å². The van der Waals surface area contributed by atoms with E-state index in [9.17, 15) is 0 Å². The molecule has 0 bridgehead atoms. The molecule has 0 saturated carbocycles. The molecule has 1 aromatic rings. The van der Waals surface area contributed by atoms with Crippen LogP contribution in [0.15, 0.2) is 24.3 Å². The molecule has 0 saturated heterocycles. The summed E-state index contributed by atoms with van der Waals surface area (Å²) < 4.78 is 5.79. The number of hydrogen-bond donors (Lipinski definition) is 1. The Labute approximate surface area is 118 Å². The van der Waals surface area contributed by atoms with E-state index in [4.69, 9.17) is 4.74 Å². The number of benzene rings is 1. The van der Waals surface area contributed by atoms with Gasteiger partial charge in [-0.1, -0.05) is 32.9 Å². The highest BCUT2D eigenvalue weighted by Crippen LogP contribution is 2.16. The van der Waals surface area contributed by atoms with Crippen LogP contribution < -0.4 is 10.1 Å². The minimum atomic E-state index is 0.189. The van der Waals surface area contributed by atoms with Crippen molar-refractivity contribution in [2.75, 3.05) is 6.61 Å². The van der Waals surface area contributed by atoms with Gasteiger partial charge in [0.2, 0.25) is 0 Å². The Morgan fingerprint density at radius 2 is 2.00 bits per heavy atom. The number of ether oxygens (including phenoxy) is 1. The Morgan fingerprint density at radius 1 is 1.26 bits per heavy atom. The van der Waals surface area contributed by atoms with Gasteiger partial charge in [0, 0.05) is 12.1 Å². The lowest BCUT2D eigenvalue weighted by Gasteiger charge is -2.24. The third-order valence-corrected chi connectivity index (χ3v) is 3.52. The van der Waals surface area contributed by atoms with E-state index in [0.717, 1.165) is 31.7 Å². The molecular weight excluding hydrogens is 234 g/mol. The van der Waals surface area contributed by atoms with Gasteiger partial charge in [-0.15, -0.1) is 0 Å². The van der Waals surface area contributed by atoms with E-state index in [-0.39, 0.29) is 5.54 Å². The van der Waals surface area contributed by atoms with E-state index in [0.29, 0.717) is 5.92 Å². The molecule has 0 aromatic heterocycles. The van der Waals surface area contributed by atoms with Crippen LogP contribution >= 0.6 is 0 Å². The largest absolute Gasteiger partial charge is 0.494 e. The van der Waals surface area contributed by atoms with Crippen LogP contribution in [-0.4, -0.2) is 12.1 Å². The predicted molar refractivity (Wildman–Crippen MR) is 82.6 cm³/mol. The van der Waals surface area contributed by atoms with Crippen LogP contribution in [0, 0.1) is 5.92 Å². The number of nitrogens with one attached hydrogen (secondary N) is 1. The van der Waals surface area contributed by atoms with Gasteiger partial charge in [0.25, 0.3) is 0 Å². The summed E-state index contributed by atoms with van der Waals surface area (Å²) in [4.78, 5) is 0. The van der Waals surface area contributed by atoms with Gasteiger partial charge < -0.3 is 10.1 Å². The molecule has 1 N–H and O–H groups in total. The van der Waals surface area contributed by atoms with Gasteiger partial charge in [-0.2, -0.15) is 0 Å². The molecule has 0 radical (unpaired) electrons. The maximum atomic E-state index is 5.79. The van der Waals surface area contributed by atoms with Gasteiger partial charge in [0.15, 0.2) is 0 Å². The van der Waals surface area contributed by atoms with Crippen molar-refractivity contribution in [3.8, 4) is 5.75 Å². The molecule has 0 amide bonds. The molecule has 0 aliphatic carbocycles. The van der Waals surface area contributed by atoms with Crippen molar-refractivity contribution in [1.29, 1.82) is 0 Å². The van der Waals surface area contributed by atoms with Crippen LogP contribution in [0.2, 0.25) is 0 Å². The van der Waals surface area contributed by atoms with Crippen molar-refractivity contribution in [2.24, 2.45) is 5.92 Å². The average molecular weight is 263 g/mol. The molecule has 0 unspecified atom stereocenters. The predicted octanol–water partition coefficient (Wildman–Crippen LogP) is 4.39. The fourth-order valence-corrected chi connectivity index (χ4v) is 1.62. The zero-order valence-electron chi connectivity index (χ0n) is 13.1. The Hall–Kier alpha value is -1.02. The van der Waals surface area contributed by atoms with Gasteiger partial charge in [-0.25, -0.2) is 0 Å². The Bertz CT molecular complexity index is 371. The van der Waals surface area contributed by atoms with Gasteiger partial charge in [-0.3, -0.25) is 0 Å². The van der Waals surface area contributed by atoms with Gasteiger partial charge in [0.1, 0.15) is 5.75 Å². The van der Waals surface area contributed by atoms with Gasteiger partial charge in [0.05, 0.1) is 6.61 Å². The highest BCUT2D eigenvalue weighted by molar-refractivity contribution is 5.28. The monoisotopic (exact) mass is 263 g/mol. The first kappa shape index (κ1) is 16.0. The normalized spacial score (nSPS) is 11.9. The summed E-state index contributed by atoms with van der Waals surface area (Å²) in [6.45, 7) is 12.8. The van der Waals surface area contributed by atoms with E-state index >= 15 is 0 Å². The molecule has 0 aliphatic heterocycles. The summed E-state index contributed by atoms with van der Waals surface area (Å²) in [6, 6.07) is 8.39. The lowest BCUT2D eigenvalue weighted by Crippen LogP contribution is -2.37. The molecule has 2 heteroatoms. The molecule has 0 atom stereocenters. The maximum absolute atomic E-state index is 5.79. The third-order valence-electron chi connectivity index (χ3n) is 3.52. The summed E-state index contributed by atoms with van der Waals surface area (Å²) in [6.07, 6.45) is 2.23. The smallest absolute Gasteiger partial charge is 0.119 e. The van der Waals surface area contributed by atoms with E-state index in [1.165, 1.54) is 5.56 Å². The van der Waals surface area contributed by atoms with E-state index < -0.39 is 0 Å². The Kier molecular flexibility index (Phi) is 6.36. The first-order valence-corrected chi connectivity index (χ1v) is 7.39. The molecule has 0 aliphatic rings. The summed E-state index contributed by atoms with van der Waals surface area (Å²) in [5.41, 5.74) is 1.47. The van der Waals surface area contributed by atoms with Crippen molar-refractivity contribution >= 4 is 0 Å². The van der Waals surface area contributed by atoms with Crippen LogP contribution in [0.3, 0.4) is 0 Å². The molecule has 108 valence electrons. The fraction of sp³-hybridized carbons (Fsp3) is 0.647. The van der Waals surface area contributed by atoms with E-state index in [1.807, 2.05) is 6.07 Å². The van der Waals surface area contributed by atoms with Crippen molar-refractivity contribution in [1.82, 2.24) is 5.32 Å². The molecule has 0 heterocycles.